The third-order valence-corrected chi connectivity index (χ3v) is 9.09. The molecule has 196 valence electrons. The molecule has 0 radical (unpaired) electrons. The highest BCUT2D eigenvalue weighted by Crippen LogP contribution is 2.41. The van der Waals surface area contributed by atoms with Crippen LogP contribution in [0, 0.1) is 11.7 Å². The summed E-state index contributed by atoms with van der Waals surface area (Å²) in [5, 5.41) is 6.82. The van der Waals surface area contributed by atoms with E-state index in [0.717, 1.165) is 54.7 Å². The number of amides is 2. The zero-order valence-corrected chi connectivity index (χ0v) is 22.3. The lowest BCUT2D eigenvalue weighted by molar-refractivity contribution is -0.139. The summed E-state index contributed by atoms with van der Waals surface area (Å²) < 4.78 is 15.4. The molecular weight excluding hydrogens is 487 g/mol. The van der Waals surface area contributed by atoms with Gasteiger partial charge in [0.1, 0.15) is 16.9 Å². The lowest BCUT2D eigenvalue weighted by Crippen LogP contribution is -2.55. The van der Waals surface area contributed by atoms with Crippen molar-refractivity contribution in [2.45, 2.75) is 70.0 Å². The molecule has 5 rings (SSSR count). The molecule has 2 amide bonds. The number of carbonyl (C=O) groups is 2. The van der Waals surface area contributed by atoms with Crippen molar-refractivity contribution in [2.24, 2.45) is 5.92 Å². The minimum Gasteiger partial charge on any atom is -0.343 e. The van der Waals surface area contributed by atoms with Crippen molar-refractivity contribution >= 4 is 33.4 Å². The van der Waals surface area contributed by atoms with Crippen LogP contribution in [-0.4, -0.2) is 47.4 Å². The second-order valence-electron chi connectivity index (χ2n) is 10.3. The van der Waals surface area contributed by atoms with Crippen LogP contribution in [0.25, 0.3) is 21.3 Å². The van der Waals surface area contributed by atoms with Crippen LogP contribution in [0.15, 0.2) is 42.5 Å². The van der Waals surface area contributed by atoms with Gasteiger partial charge in [-0.15, -0.1) is 11.3 Å². The molecule has 0 bridgehead atoms. The van der Waals surface area contributed by atoms with Crippen LogP contribution in [0.1, 0.15) is 62.9 Å². The monoisotopic (exact) mass is 522 g/mol. The zero-order chi connectivity index (χ0) is 25.9. The van der Waals surface area contributed by atoms with Gasteiger partial charge in [0, 0.05) is 12.1 Å². The number of carbonyl (C=O) groups excluding carboxylic acids is 2. The lowest BCUT2D eigenvalue weighted by Gasteiger charge is -2.35. The first-order valence-corrected chi connectivity index (χ1v) is 14.2. The number of fused-ring (bicyclic) bond motifs is 1. The molecule has 1 saturated carbocycles. The molecule has 2 heterocycles. The quantitative estimate of drug-likeness (QED) is 0.433. The summed E-state index contributed by atoms with van der Waals surface area (Å²) in [6.07, 6.45) is 6.85. The summed E-state index contributed by atoms with van der Waals surface area (Å²) >= 11 is 1.34. The highest BCUT2D eigenvalue weighted by atomic mass is 32.1. The van der Waals surface area contributed by atoms with E-state index >= 15 is 0 Å². The summed E-state index contributed by atoms with van der Waals surface area (Å²) in [5.74, 6) is -0.346. The Hall–Kier alpha value is -2.84. The third-order valence-electron chi connectivity index (χ3n) is 7.93. The Kier molecular flexibility index (Phi) is 7.86. The van der Waals surface area contributed by atoms with Crippen LogP contribution in [-0.2, 0) is 9.59 Å². The van der Waals surface area contributed by atoms with Gasteiger partial charge in [-0.3, -0.25) is 9.59 Å². The second-order valence-corrected chi connectivity index (χ2v) is 11.3. The van der Waals surface area contributed by atoms with Gasteiger partial charge in [0.25, 0.3) is 0 Å². The molecule has 0 spiro atoms. The number of benzene rings is 2. The molecule has 37 heavy (non-hydrogen) atoms. The van der Waals surface area contributed by atoms with Crippen molar-refractivity contribution in [3.8, 4) is 11.1 Å². The predicted molar refractivity (Wildman–Crippen MR) is 146 cm³/mol. The number of likely N-dealkylation sites (tertiary alicyclic amines) is 1. The third kappa shape index (κ3) is 5.27. The largest absolute Gasteiger partial charge is 0.343 e. The number of rotatable bonds is 7. The van der Waals surface area contributed by atoms with E-state index in [0.29, 0.717) is 16.8 Å². The van der Waals surface area contributed by atoms with Crippen molar-refractivity contribution in [2.75, 3.05) is 13.6 Å². The Balaban J connectivity index is 1.46. The van der Waals surface area contributed by atoms with Crippen molar-refractivity contribution < 1.29 is 14.0 Å². The Morgan fingerprint density at radius 1 is 1.05 bits per heavy atom. The minimum atomic E-state index is -0.546. The van der Waals surface area contributed by atoms with Crippen molar-refractivity contribution in [3.63, 3.8) is 0 Å². The Bertz CT molecular complexity index is 1260. The summed E-state index contributed by atoms with van der Waals surface area (Å²) in [6, 6.07) is 12.0. The molecular formula is C29H35FN4O2S. The first-order chi connectivity index (χ1) is 18.0. The van der Waals surface area contributed by atoms with Gasteiger partial charge in [-0.25, -0.2) is 9.37 Å². The van der Waals surface area contributed by atoms with Crippen molar-refractivity contribution in [1.82, 2.24) is 20.5 Å². The van der Waals surface area contributed by atoms with Gasteiger partial charge in [0.15, 0.2) is 0 Å². The number of hydrogen-bond acceptors (Lipinski definition) is 5. The molecule has 0 unspecified atom stereocenters. The fourth-order valence-corrected chi connectivity index (χ4v) is 6.85. The first-order valence-electron chi connectivity index (χ1n) is 13.4. The SMILES string of the molecule is CN[C@@H](C)C(=O)N[C@H](C(=O)N1CCC[C@@H]1c1nc2c(-c3ccccc3)ccc(F)c2s1)C1CCCCC1. The van der Waals surface area contributed by atoms with Gasteiger partial charge in [0.05, 0.1) is 22.3 Å². The summed E-state index contributed by atoms with van der Waals surface area (Å²) in [7, 11) is 1.74. The number of nitrogens with zero attached hydrogens (tertiary/aromatic N) is 2. The fourth-order valence-electron chi connectivity index (χ4n) is 5.71. The van der Waals surface area contributed by atoms with E-state index in [2.05, 4.69) is 10.6 Å². The average molecular weight is 523 g/mol. The molecule has 1 aromatic heterocycles. The fraction of sp³-hybridized carbons (Fsp3) is 0.483. The zero-order valence-electron chi connectivity index (χ0n) is 21.5. The van der Waals surface area contributed by atoms with Crippen molar-refractivity contribution in [1.29, 1.82) is 0 Å². The Morgan fingerprint density at radius 3 is 2.54 bits per heavy atom. The highest BCUT2D eigenvalue weighted by molar-refractivity contribution is 7.18. The topological polar surface area (TPSA) is 74.3 Å². The molecule has 1 saturated heterocycles. The molecule has 1 aliphatic heterocycles. The predicted octanol–water partition coefficient (Wildman–Crippen LogP) is 5.44. The van der Waals surface area contributed by atoms with Crippen LogP contribution >= 0.6 is 11.3 Å². The van der Waals surface area contributed by atoms with Gasteiger partial charge in [-0.05, 0) is 63.3 Å². The molecule has 2 fully saturated rings. The summed E-state index contributed by atoms with van der Waals surface area (Å²) in [6.45, 7) is 2.42. The molecule has 2 aromatic carbocycles. The van der Waals surface area contributed by atoms with Gasteiger partial charge in [-0.2, -0.15) is 0 Å². The van der Waals surface area contributed by atoms with E-state index in [1.54, 1.807) is 20.0 Å². The Morgan fingerprint density at radius 2 is 1.81 bits per heavy atom. The van der Waals surface area contributed by atoms with E-state index < -0.39 is 6.04 Å². The minimum absolute atomic E-state index is 0.0333. The first kappa shape index (κ1) is 25.8. The van der Waals surface area contributed by atoms with E-state index in [9.17, 15) is 14.0 Å². The number of halogens is 1. The molecule has 3 aromatic rings. The second kappa shape index (κ2) is 11.3. The molecule has 2 aliphatic rings. The maximum atomic E-state index is 14.9. The average Bonchev–Trinajstić information content (AvgIpc) is 3.60. The smallest absolute Gasteiger partial charge is 0.246 e. The lowest BCUT2D eigenvalue weighted by atomic mass is 9.83. The van der Waals surface area contributed by atoms with E-state index in [1.165, 1.54) is 23.8 Å². The standard InChI is InChI=1S/C29H35FN4O2S/c1-18(31-2)27(35)32-24(20-12-7-4-8-13-20)29(36)34-17-9-14-23(34)28-33-25-21(19-10-5-3-6-11-19)15-16-22(30)26(25)37-28/h3,5-6,10-11,15-16,18,20,23-24,31H,4,7-9,12-14,17H2,1-2H3,(H,32,35)/t18-,23+,24-/m0/s1. The number of aromatic nitrogens is 1. The number of hydrogen-bond donors (Lipinski definition) is 2. The number of thiazole rings is 1. The maximum Gasteiger partial charge on any atom is 0.246 e. The molecule has 8 heteroatoms. The molecule has 2 N–H and O–H groups in total. The maximum absolute atomic E-state index is 14.9. The van der Waals surface area contributed by atoms with E-state index in [-0.39, 0.29) is 35.6 Å². The van der Waals surface area contributed by atoms with Crippen LogP contribution < -0.4 is 10.6 Å². The normalized spacial score (nSPS) is 20.2. The summed E-state index contributed by atoms with van der Waals surface area (Å²) in [4.78, 5) is 33.7. The molecule has 3 atom stereocenters. The van der Waals surface area contributed by atoms with Gasteiger partial charge in [0.2, 0.25) is 11.8 Å². The summed E-state index contributed by atoms with van der Waals surface area (Å²) in [5.41, 5.74) is 2.52. The van der Waals surface area contributed by atoms with Gasteiger partial charge in [-0.1, -0.05) is 49.6 Å². The van der Waals surface area contributed by atoms with Crippen LogP contribution in [0.2, 0.25) is 0 Å². The Labute approximate surface area is 221 Å². The molecule has 1 aliphatic carbocycles. The van der Waals surface area contributed by atoms with Crippen LogP contribution in [0.3, 0.4) is 0 Å². The van der Waals surface area contributed by atoms with Crippen LogP contribution in [0.4, 0.5) is 4.39 Å². The highest BCUT2D eigenvalue weighted by Gasteiger charge is 2.40. The van der Waals surface area contributed by atoms with Crippen LogP contribution in [0.5, 0.6) is 0 Å². The van der Waals surface area contributed by atoms with Gasteiger partial charge >= 0.3 is 0 Å². The molecule has 6 nitrogen and oxygen atoms in total. The number of likely N-dealkylation sites (N-methyl/N-ethyl adjacent to an activating group) is 1. The number of nitrogens with one attached hydrogen (secondary N) is 2. The van der Waals surface area contributed by atoms with E-state index in [1.807, 2.05) is 35.2 Å². The van der Waals surface area contributed by atoms with E-state index in [4.69, 9.17) is 4.98 Å². The van der Waals surface area contributed by atoms with Crippen molar-refractivity contribution in [3.05, 3.63) is 53.3 Å². The van der Waals surface area contributed by atoms with Gasteiger partial charge < -0.3 is 15.5 Å².